The van der Waals surface area contributed by atoms with E-state index in [2.05, 4.69) is 31.0 Å². The van der Waals surface area contributed by atoms with Gasteiger partial charge in [-0.2, -0.15) is 0 Å². The molecule has 0 aliphatic carbocycles. The van der Waals surface area contributed by atoms with E-state index in [-0.39, 0.29) is 0 Å². The third-order valence-corrected chi connectivity index (χ3v) is 3.77. The lowest BCUT2D eigenvalue weighted by atomic mass is 10.2. The molecule has 0 bridgehead atoms. The lowest BCUT2D eigenvalue weighted by Gasteiger charge is -2.06. The Bertz CT molecular complexity index is 523. The fourth-order valence-corrected chi connectivity index (χ4v) is 2.62. The van der Waals surface area contributed by atoms with E-state index in [9.17, 15) is 0 Å². The zero-order valence-corrected chi connectivity index (χ0v) is 10.9. The second kappa shape index (κ2) is 5.23. The number of aryl methyl sites for hydroxylation is 2. The average molecular weight is 244 g/mol. The summed E-state index contributed by atoms with van der Waals surface area (Å²) in [5.74, 6) is 0.944. The van der Waals surface area contributed by atoms with Gasteiger partial charge in [-0.3, -0.25) is 4.98 Å². The molecular weight excluding hydrogens is 228 g/mol. The topological polar surface area (TPSA) is 38.9 Å². The summed E-state index contributed by atoms with van der Waals surface area (Å²) in [5, 5.41) is 0. The SMILES string of the molecule is Cc1cncc(CSc2ccc(N)cc2C)c1. The molecule has 3 heteroatoms. The molecule has 0 fully saturated rings. The number of thioether (sulfide) groups is 1. The van der Waals surface area contributed by atoms with Crippen molar-refractivity contribution in [3.05, 3.63) is 53.3 Å². The standard InChI is InChI=1S/C14H16N2S/c1-10-5-12(8-16-7-10)9-17-14-4-3-13(15)6-11(14)2/h3-8H,9,15H2,1-2H3. The van der Waals surface area contributed by atoms with Crippen LogP contribution in [0.5, 0.6) is 0 Å². The van der Waals surface area contributed by atoms with E-state index < -0.39 is 0 Å². The number of benzene rings is 1. The number of pyridine rings is 1. The molecule has 0 unspecified atom stereocenters. The highest BCUT2D eigenvalue weighted by Gasteiger charge is 2.01. The molecule has 2 rings (SSSR count). The van der Waals surface area contributed by atoms with Gasteiger partial charge in [-0.15, -0.1) is 11.8 Å². The highest BCUT2D eigenvalue weighted by atomic mass is 32.2. The van der Waals surface area contributed by atoms with Gasteiger partial charge in [0.05, 0.1) is 0 Å². The number of hydrogen-bond donors (Lipinski definition) is 1. The first-order valence-corrected chi connectivity index (χ1v) is 6.53. The second-order valence-electron chi connectivity index (χ2n) is 4.18. The first-order chi connectivity index (χ1) is 8.15. The zero-order chi connectivity index (χ0) is 12.3. The molecule has 88 valence electrons. The van der Waals surface area contributed by atoms with Crippen molar-refractivity contribution in [3.8, 4) is 0 Å². The minimum Gasteiger partial charge on any atom is -0.399 e. The molecular formula is C14H16N2S. The number of rotatable bonds is 3. The molecule has 2 N–H and O–H groups in total. The first-order valence-electron chi connectivity index (χ1n) is 5.54. The maximum Gasteiger partial charge on any atom is 0.0317 e. The maximum absolute atomic E-state index is 5.74. The maximum atomic E-state index is 5.74. The molecule has 0 aliphatic rings. The van der Waals surface area contributed by atoms with Crippen molar-refractivity contribution in [2.75, 3.05) is 5.73 Å². The molecule has 0 saturated heterocycles. The number of hydrogen-bond acceptors (Lipinski definition) is 3. The number of nitrogens with zero attached hydrogens (tertiary/aromatic N) is 1. The Labute approximate surface area is 106 Å². The molecule has 0 spiro atoms. The molecule has 1 aromatic heterocycles. The fraction of sp³-hybridized carbons (Fsp3) is 0.214. The minimum atomic E-state index is 0.823. The molecule has 0 atom stereocenters. The van der Waals surface area contributed by atoms with E-state index in [4.69, 9.17) is 5.73 Å². The van der Waals surface area contributed by atoms with Crippen molar-refractivity contribution in [2.45, 2.75) is 24.5 Å². The van der Waals surface area contributed by atoms with Crippen molar-refractivity contribution < 1.29 is 0 Å². The summed E-state index contributed by atoms with van der Waals surface area (Å²) in [6.45, 7) is 4.16. The van der Waals surface area contributed by atoms with Gasteiger partial charge in [0.2, 0.25) is 0 Å². The molecule has 17 heavy (non-hydrogen) atoms. The number of aromatic nitrogens is 1. The predicted octanol–water partition coefficient (Wildman–Crippen LogP) is 3.57. The summed E-state index contributed by atoms with van der Waals surface area (Å²) < 4.78 is 0. The van der Waals surface area contributed by atoms with E-state index in [1.54, 1.807) is 0 Å². The highest BCUT2D eigenvalue weighted by Crippen LogP contribution is 2.27. The van der Waals surface area contributed by atoms with Gasteiger partial charge < -0.3 is 5.73 Å². The third-order valence-electron chi connectivity index (χ3n) is 2.52. The Balaban J connectivity index is 2.07. The summed E-state index contributed by atoms with van der Waals surface area (Å²) in [5.41, 5.74) is 10.3. The zero-order valence-electron chi connectivity index (χ0n) is 10.1. The van der Waals surface area contributed by atoms with Crippen molar-refractivity contribution in [3.63, 3.8) is 0 Å². The van der Waals surface area contributed by atoms with Crippen LogP contribution < -0.4 is 5.73 Å². The summed E-state index contributed by atoms with van der Waals surface area (Å²) in [6, 6.07) is 8.21. The average Bonchev–Trinajstić information content (AvgIpc) is 2.28. The van der Waals surface area contributed by atoms with Gasteiger partial charge in [-0.05, 0) is 48.7 Å². The first kappa shape index (κ1) is 12.0. The Hall–Kier alpha value is -1.48. The Kier molecular flexibility index (Phi) is 3.69. The van der Waals surface area contributed by atoms with E-state index in [1.807, 2.05) is 36.3 Å². The number of nitrogen functional groups attached to an aromatic ring is 1. The summed E-state index contributed by atoms with van der Waals surface area (Å²) in [6.07, 6.45) is 3.80. The molecule has 2 nitrogen and oxygen atoms in total. The van der Waals surface area contributed by atoms with Crippen LogP contribution in [0.15, 0.2) is 41.6 Å². The van der Waals surface area contributed by atoms with E-state index in [0.29, 0.717) is 0 Å². The lowest BCUT2D eigenvalue weighted by molar-refractivity contribution is 1.20. The van der Waals surface area contributed by atoms with E-state index in [0.717, 1.165) is 11.4 Å². The van der Waals surface area contributed by atoms with Crippen molar-refractivity contribution >= 4 is 17.4 Å². The predicted molar refractivity (Wildman–Crippen MR) is 74.1 cm³/mol. The van der Waals surface area contributed by atoms with E-state index >= 15 is 0 Å². The van der Waals surface area contributed by atoms with Crippen LogP contribution in [0, 0.1) is 13.8 Å². The largest absolute Gasteiger partial charge is 0.399 e. The van der Waals surface area contributed by atoms with Crippen LogP contribution in [0.25, 0.3) is 0 Å². The van der Waals surface area contributed by atoms with Crippen molar-refractivity contribution in [1.82, 2.24) is 4.98 Å². The molecule has 2 aromatic rings. The Morgan fingerprint density at radius 3 is 2.71 bits per heavy atom. The van der Waals surface area contributed by atoms with Crippen LogP contribution in [0.1, 0.15) is 16.7 Å². The lowest BCUT2D eigenvalue weighted by Crippen LogP contribution is -1.89. The Morgan fingerprint density at radius 1 is 1.18 bits per heavy atom. The van der Waals surface area contributed by atoms with Gasteiger partial charge in [0.25, 0.3) is 0 Å². The van der Waals surface area contributed by atoms with Crippen LogP contribution >= 0.6 is 11.8 Å². The summed E-state index contributed by atoms with van der Waals surface area (Å²) in [4.78, 5) is 5.48. The van der Waals surface area contributed by atoms with Gasteiger partial charge in [-0.1, -0.05) is 6.07 Å². The van der Waals surface area contributed by atoms with Crippen molar-refractivity contribution in [1.29, 1.82) is 0 Å². The van der Waals surface area contributed by atoms with Gasteiger partial charge >= 0.3 is 0 Å². The van der Waals surface area contributed by atoms with Crippen molar-refractivity contribution in [2.24, 2.45) is 0 Å². The van der Waals surface area contributed by atoms with E-state index in [1.165, 1.54) is 21.6 Å². The molecule has 0 saturated carbocycles. The third kappa shape index (κ3) is 3.24. The molecule has 1 aromatic carbocycles. The molecule has 0 amide bonds. The molecule has 1 heterocycles. The van der Waals surface area contributed by atoms with Crippen LogP contribution in [0.3, 0.4) is 0 Å². The van der Waals surface area contributed by atoms with Gasteiger partial charge in [0, 0.05) is 28.7 Å². The number of anilines is 1. The normalized spacial score (nSPS) is 10.5. The van der Waals surface area contributed by atoms with Gasteiger partial charge in [-0.25, -0.2) is 0 Å². The Morgan fingerprint density at radius 2 is 2.00 bits per heavy atom. The van der Waals surface area contributed by atoms with Gasteiger partial charge in [0.15, 0.2) is 0 Å². The second-order valence-corrected chi connectivity index (χ2v) is 5.20. The van der Waals surface area contributed by atoms with Crippen LogP contribution in [0.2, 0.25) is 0 Å². The smallest absolute Gasteiger partial charge is 0.0317 e. The summed E-state index contributed by atoms with van der Waals surface area (Å²) >= 11 is 1.82. The summed E-state index contributed by atoms with van der Waals surface area (Å²) in [7, 11) is 0. The van der Waals surface area contributed by atoms with Crippen LogP contribution in [-0.4, -0.2) is 4.98 Å². The minimum absolute atomic E-state index is 0.823. The highest BCUT2D eigenvalue weighted by molar-refractivity contribution is 7.98. The monoisotopic (exact) mass is 244 g/mol. The quantitative estimate of drug-likeness (QED) is 0.662. The molecule has 0 radical (unpaired) electrons. The fourth-order valence-electron chi connectivity index (χ4n) is 1.69. The van der Waals surface area contributed by atoms with Gasteiger partial charge in [0.1, 0.15) is 0 Å². The van der Waals surface area contributed by atoms with Crippen LogP contribution in [0.4, 0.5) is 5.69 Å². The number of nitrogens with two attached hydrogens (primary N) is 1. The molecule has 0 aliphatic heterocycles. The van der Waals surface area contributed by atoms with Crippen LogP contribution in [-0.2, 0) is 5.75 Å².